The standard InChI is InChI=1S/C17H21N3O/c18-14-7-5-13(6-8-14)9-10-21-17-4-2-1-3-15(17)16-11-19-12-20-16/h1-4,9,11-12,14H,5-8,10,18H2,(H,19,20). The van der Waals surface area contributed by atoms with Crippen LogP contribution in [0.3, 0.4) is 0 Å². The number of hydrogen-bond donors (Lipinski definition) is 2. The van der Waals surface area contributed by atoms with Crippen molar-refractivity contribution in [3.05, 3.63) is 48.4 Å². The molecule has 1 aromatic heterocycles. The van der Waals surface area contributed by atoms with Gasteiger partial charge >= 0.3 is 0 Å². The van der Waals surface area contributed by atoms with E-state index in [1.807, 2.05) is 30.5 Å². The van der Waals surface area contributed by atoms with Gasteiger partial charge in [0.1, 0.15) is 12.4 Å². The number of para-hydroxylation sites is 1. The third-order valence-corrected chi connectivity index (χ3v) is 3.96. The molecule has 1 heterocycles. The highest BCUT2D eigenvalue weighted by Gasteiger charge is 2.12. The van der Waals surface area contributed by atoms with E-state index >= 15 is 0 Å². The molecule has 1 fully saturated rings. The molecule has 0 unspecified atom stereocenters. The fraction of sp³-hybridized carbons (Fsp3) is 0.353. The summed E-state index contributed by atoms with van der Waals surface area (Å²) in [6, 6.07) is 8.40. The van der Waals surface area contributed by atoms with E-state index < -0.39 is 0 Å². The Balaban J connectivity index is 1.65. The lowest BCUT2D eigenvalue weighted by Gasteiger charge is -2.20. The Labute approximate surface area is 125 Å². The first-order chi connectivity index (χ1) is 10.3. The third-order valence-electron chi connectivity index (χ3n) is 3.96. The van der Waals surface area contributed by atoms with E-state index in [0.717, 1.165) is 42.7 Å². The number of nitrogens with two attached hydrogens (primary N) is 1. The molecule has 0 atom stereocenters. The Morgan fingerprint density at radius 1 is 1.29 bits per heavy atom. The maximum atomic E-state index is 5.94. The van der Waals surface area contributed by atoms with E-state index in [0.29, 0.717) is 12.6 Å². The lowest BCUT2D eigenvalue weighted by molar-refractivity contribution is 0.361. The van der Waals surface area contributed by atoms with E-state index in [4.69, 9.17) is 10.5 Å². The molecular weight excluding hydrogens is 262 g/mol. The molecular formula is C17H21N3O. The number of rotatable bonds is 4. The van der Waals surface area contributed by atoms with Crippen LogP contribution in [0.4, 0.5) is 0 Å². The van der Waals surface area contributed by atoms with Gasteiger partial charge < -0.3 is 15.5 Å². The van der Waals surface area contributed by atoms with Crippen LogP contribution in [-0.2, 0) is 0 Å². The number of aromatic amines is 1. The van der Waals surface area contributed by atoms with Gasteiger partial charge in [0.15, 0.2) is 0 Å². The van der Waals surface area contributed by atoms with E-state index in [2.05, 4.69) is 16.0 Å². The second kappa shape index (κ2) is 6.59. The molecule has 1 saturated carbocycles. The van der Waals surface area contributed by atoms with Gasteiger partial charge in [0.25, 0.3) is 0 Å². The summed E-state index contributed by atoms with van der Waals surface area (Å²) in [5, 5.41) is 0. The van der Waals surface area contributed by atoms with E-state index in [1.165, 1.54) is 5.57 Å². The summed E-state index contributed by atoms with van der Waals surface area (Å²) >= 11 is 0. The van der Waals surface area contributed by atoms with Crippen molar-refractivity contribution >= 4 is 0 Å². The highest BCUT2D eigenvalue weighted by Crippen LogP contribution is 2.28. The van der Waals surface area contributed by atoms with Crippen LogP contribution in [0.15, 0.2) is 48.4 Å². The lowest BCUT2D eigenvalue weighted by atomic mass is 9.91. The highest BCUT2D eigenvalue weighted by molar-refractivity contribution is 5.66. The zero-order valence-electron chi connectivity index (χ0n) is 12.1. The van der Waals surface area contributed by atoms with Crippen molar-refractivity contribution in [3.63, 3.8) is 0 Å². The molecule has 0 amide bonds. The molecule has 4 nitrogen and oxygen atoms in total. The van der Waals surface area contributed by atoms with Gasteiger partial charge in [0.2, 0.25) is 0 Å². The van der Waals surface area contributed by atoms with Crippen molar-refractivity contribution in [1.82, 2.24) is 9.97 Å². The molecule has 0 aliphatic heterocycles. The number of hydrogen-bond acceptors (Lipinski definition) is 3. The second-order valence-corrected chi connectivity index (χ2v) is 5.47. The van der Waals surface area contributed by atoms with Gasteiger partial charge in [-0.1, -0.05) is 17.7 Å². The summed E-state index contributed by atoms with van der Waals surface area (Å²) in [7, 11) is 0. The van der Waals surface area contributed by atoms with Gasteiger partial charge in [0, 0.05) is 11.6 Å². The van der Waals surface area contributed by atoms with Gasteiger partial charge in [-0.3, -0.25) is 0 Å². The van der Waals surface area contributed by atoms with Crippen molar-refractivity contribution in [2.24, 2.45) is 5.73 Å². The summed E-state index contributed by atoms with van der Waals surface area (Å²) < 4.78 is 5.94. The predicted octanol–water partition coefficient (Wildman–Crippen LogP) is 3.28. The number of aromatic nitrogens is 2. The number of H-pyrrole nitrogens is 1. The van der Waals surface area contributed by atoms with Crippen LogP contribution in [0.1, 0.15) is 25.7 Å². The smallest absolute Gasteiger partial charge is 0.129 e. The highest BCUT2D eigenvalue weighted by atomic mass is 16.5. The molecule has 3 rings (SSSR count). The minimum Gasteiger partial charge on any atom is -0.489 e. The zero-order chi connectivity index (χ0) is 14.5. The van der Waals surface area contributed by atoms with Crippen LogP contribution in [0.5, 0.6) is 5.75 Å². The third kappa shape index (κ3) is 3.52. The number of benzene rings is 1. The average molecular weight is 283 g/mol. The molecule has 0 radical (unpaired) electrons. The molecule has 0 saturated heterocycles. The maximum absolute atomic E-state index is 5.94. The van der Waals surface area contributed by atoms with Gasteiger partial charge in [0.05, 0.1) is 18.2 Å². The molecule has 1 aliphatic carbocycles. The first-order valence-corrected chi connectivity index (χ1v) is 7.47. The number of allylic oxidation sites excluding steroid dienone is 1. The van der Waals surface area contributed by atoms with Crippen molar-refractivity contribution in [2.75, 3.05) is 6.61 Å². The second-order valence-electron chi connectivity index (χ2n) is 5.47. The summed E-state index contributed by atoms with van der Waals surface area (Å²) in [5.41, 5.74) is 9.41. The summed E-state index contributed by atoms with van der Waals surface area (Å²) in [6.45, 7) is 0.607. The Bertz CT molecular complexity index is 594. The number of imidazole rings is 1. The van der Waals surface area contributed by atoms with Crippen LogP contribution in [0.25, 0.3) is 11.3 Å². The maximum Gasteiger partial charge on any atom is 0.129 e. The molecule has 0 bridgehead atoms. The van der Waals surface area contributed by atoms with Crippen molar-refractivity contribution in [3.8, 4) is 17.0 Å². The van der Waals surface area contributed by atoms with Gasteiger partial charge in [-0.2, -0.15) is 0 Å². The minimum absolute atomic E-state index is 0.379. The van der Waals surface area contributed by atoms with Crippen LogP contribution < -0.4 is 10.5 Å². The SMILES string of the molecule is NC1CCC(=CCOc2ccccc2-c2cnc[nH]2)CC1. The Hall–Kier alpha value is -2.07. The number of ether oxygens (including phenoxy) is 1. The minimum atomic E-state index is 0.379. The van der Waals surface area contributed by atoms with Crippen molar-refractivity contribution < 1.29 is 4.74 Å². The van der Waals surface area contributed by atoms with Gasteiger partial charge in [-0.25, -0.2) is 4.98 Å². The van der Waals surface area contributed by atoms with Crippen LogP contribution in [0, 0.1) is 0 Å². The average Bonchev–Trinajstić information content (AvgIpc) is 3.04. The molecule has 2 aromatic rings. The fourth-order valence-electron chi connectivity index (χ4n) is 2.68. The first kappa shape index (κ1) is 13.9. The summed E-state index contributed by atoms with van der Waals surface area (Å²) in [5.74, 6) is 0.881. The monoisotopic (exact) mass is 283 g/mol. The van der Waals surface area contributed by atoms with E-state index in [-0.39, 0.29) is 0 Å². The fourth-order valence-corrected chi connectivity index (χ4v) is 2.68. The van der Waals surface area contributed by atoms with Crippen molar-refractivity contribution in [2.45, 2.75) is 31.7 Å². The molecule has 3 N–H and O–H groups in total. The number of nitrogens with zero attached hydrogens (tertiary/aromatic N) is 1. The largest absolute Gasteiger partial charge is 0.489 e. The van der Waals surface area contributed by atoms with E-state index in [9.17, 15) is 0 Å². The summed E-state index contributed by atoms with van der Waals surface area (Å²) in [4.78, 5) is 7.18. The van der Waals surface area contributed by atoms with Crippen LogP contribution in [0.2, 0.25) is 0 Å². The Morgan fingerprint density at radius 3 is 2.86 bits per heavy atom. The molecule has 1 aromatic carbocycles. The topological polar surface area (TPSA) is 63.9 Å². The molecule has 21 heavy (non-hydrogen) atoms. The molecule has 4 heteroatoms. The lowest BCUT2D eigenvalue weighted by Crippen LogP contribution is -2.23. The molecule has 1 aliphatic rings. The quantitative estimate of drug-likeness (QED) is 0.846. The van der Waals surface area contributed by atoms with Crippen molar-refractivity contribution in [1.29, 1.82) is 0 Å². The molecule has 0 spiro atoms. The Morgan fingerprint density at radius 2 is 2.10 bits per heavy atom. The van der Waals surface area contributed by atoms with E-state index in [1.54, 1.807) is 6.33 Å². The summed E-state index contributed by atoms with van der Waals surface area (Å²) in [6.07, 6.45) is 10.1. The van der Waals surface area contributed by atoms with Gasteiger partial charge in [-0.05, 0) is 43.9 Å². The first-order valence-electron chi connectivity index (χ1n) is 7.47. The van der Waals surface area contributed by atoms with Crippen LogP contribution >= 0.6 is 0 Å². The molecule has 110 valence electrons. The van der Waals surface area contributed by atoms with Gasteiger partial charge in [-0.15, -0.1) is 0 Å². The zero-order valence-corrected chi connectivity index (χ0v) is 12.1. The Kier molecular flexibility index (Phi) is 4.36. The number of nitrogens with one attached hydrogen (secondary N) is 1. The van der Waals surface area contributed by atoms with Crippen LogP contribution in [-0.4, -0.2) is 22.6 Å². The predicted molar refractivity (Wildman–Crippen MR) is 84.0 cm³/mol. The normalized spacial score (nSPS) is 18.5.